The maximum atomic E-state index is 11.3. The van der Waals surface area contributed by atoms with Gasteiger partial charge in [-0.05, 0) is 6.42 Å². The van der Waals surface area contributed by atoms with Gasteiger partial charge in [0.2, 0.25) is 5.91 Å². The normalized spacial score (nSPS) is 9.93. The number of carbonyl (C=O) groups excluding carboxylic acids is 2. The van der Waals surface area contributed by atoms with Crippen LogP contribution in [0, 0.1) is 0 Å². The van der Waals surface area contributed by atoms with Gasteiger partial charge in [0.25, 0.3) is 0 Å². The maximum absolute atomic E-state index is 11.3. The van der Waals surface area contributed by atoms with E-state index in [0.29, 0.717) is 18.5 Å². The first-order valence-corrected chi connectivity index (χ1v) is 5.00. The second-order valence-electron chi connectivity index (χ2n) is 3.29. The lowest BCUT2D eigenvalue weighted by molar-refractivity contribution is -0.121. The fourth-order valence-corrected chi connectivity index (χ4v) is 1.15. The van der Waals surface area contributed by atoms with Crippen molar-refractivity contribution in [1.82, 2.24) is 14.9 Å². The number of amides is 1. The Morgan fingerprint density at radius 3 is 3.07 bits per heavy atom. The molecule has 82 valence electrons. The summed E-state index contributed by atoms with van der Waals surface area (Å²) in [5.41, 5.74) is 0.344. The van der Waals surface area contributed by atoms with E-state index < -0.39 is 0 Å². The molecule has 1 amide bonds. The minimum absolute atomic E-state index is 0.0571. The lowest BCUT2D eigenvalue weighted by Crippen LogP contribution is -2.27. The number of nitrogens with zero attached hydrogens (tertiary/aromatic N) is 2. The molecule has 0 aliphatic carbocycles. The summed E-state index contributed by atoms with van der Waals surface area (Å²) in [5, 5.41) is 2.78. The van der Waals surface area contributed by atoms with Crippen LogP contribution in [-0.2, 0) is 11.3 Å². The molecule has 0 atom stereocenters. The van der Waals surface area contributed by atoms with Gasteiger partial charge in [-0.3, -0.25) is 9.59 Å². The van der Waals surface area contributed by atoms with Gasteiger partial charge in [0.15, 0.2) is 6.29 Å². The van der Waals surface area contributed by atoms with E-state index in [9.17, 15) is 9.59 Å². The smallest absolute Gasteiger partial charge is 0.239 e. The molecule has 0 spiro atoms. The number of hydrogen-bond donors (Lipinski definition) is 1. The average molecular weight is 209 g/mol. The molecule has 5 heteroatoms. The van der Waals surface area contributed by atoms with Gasteiger partial charge in [-0.1, -0.05) is 13.3 Å². The summed E-state index contributed by atoms with van der Waals surface area (Å²) in [5.74, 6) is -0.0571. The largest absolute Gasteiger partial charge is 0.355 e. The number of nitrogens with one attached hydrogen (secondary N) is 1. The molecule has 1 heterocycles. The van der Waals surface area contributed by atoms with Crippen molar-refractivity contribution in [2.75, 3.05) is 6.54 Å². The van der Waals surface area contributed by atoms with Crippen molar-refractivity contribution in [1.29, 1.82) is 0 Å². The molecular formula is C10H15N3O2. The van der Waals surface area contributed by atoms with Crippen LogP contribution < -0.4 is 5.32 Å². The van der Waals surface area contributed by atoms with E-state index in [0.717, 1.165) is 12.8 Å². The standard InChI is InChI=1S/C10H15N3O2/c1-2-3-4-11-10(15)6-13-5-9(7-14)12-8-13/h5,7-8H,2-4,6H2,1H3,(H,11,15). The van der Waals surface area contributed by atoms with Crippen molar-refractivity contribution in [2.24, 2.45) is 0 Å². The number of carbonyl (C=O) groups is 2. The maximum Gasteiger partial charge on any atom is 0.239 e. The molecule has 0 aromatic carbocycles. The van der Waals surface area contributed by atoms with Crippen molar-refractivity contribution in [3.05, 3.63) is 18.2 Å². The quantitative estimate of drug-likeness (QED) is 0.551. The minimum atomic E-state index is -0.0571. The molecule has 1 rings (SSSR count). The van der Waals surface area contributed by atoms with E-state index in [4.69, 9.17) is 0 Å². The van der Waals surface area contributed by atoms with Crippen molar-refractivity contribution in [3.8, 4) is 0 Å². The van der Waals surface area contributed by atoms with E-state index in [1.54, 1.807) is 10.8 Å². The summed E-state index contributed by atoms with van der Waals surface area (Å²) in [7, 11) is 0. The third-order valence-electron chi connectivity index (χ3n) is 1.95. The van der Waals surface area contributed by atoms with Crippen molar-refractivity contribution in [3.63, 3.8) is 0 Å². The third kappa shape index (κ3) is 3.93. The first kappa shape index (κ1) is 11.4. The van der Waals surface area contributed by atoms with Crippen LogP contribution in [0.1, 0.15) is 30.3 Å². The zero-order valence-corrected chi connectivity index (χ0v) is 8.77. The van der Waals surface area contributed by atoms with Gasteiger partial charge in [0, 0.05) is 12.7 Å². The Labute approximate surface area is 88.5 Å². The van der Waals surface area contributed by atoms with Gasteiger partial charge in [-0.15, -0.1) is 0 Å². The molecule has 0 fully saturated rings. The second kappa shape index (κ2) is 5.95. The van der Waals surface area contributed by atoms with Gasteiger partial charge < -0.3 is 9.88 Å². The molecule has 1 aromatic heterocycles. The predicted octanol–water partition coefficient (Wildman–Crippen LogP) is 0.612. The predicted molar refractivity (Wildman–Crippen MR) is 55.5 cm³/mol. The van der Waals surface area contributed by atoms with Crippen LogP contribution in [-0.4, -0.2) is 28.3 Å². The fourth-order valence-electron chi connectivity index (χ4n) is 1.15. The molecule has 0 unspecified atom stereocenters. The number of unbranched alkanes of at least 4 members (excludes halogenated alkanes) is 1. The van der Waals surface area contributed by atoms with Crippen LogP contribution in [0.4, 0.5) is 0 Å². The SMILES string of the molecule is CCCCNC(=O)Cn1cnc(C=O)c1. The van der Waals surface area contributed by atoms with Crippen molar-refractivity contribution in [2.45, 2.75) is 26.3 Å². The highest BCUT2D eigenvalue weighted by atomic mass is 16.2. The van der Waals surface area contributed by atoms with Gasteiger partial charge in [-0.2, -0.15) is 0 Å². The van der Waals surface area contributed by atoms with E-state index >= 15 is 0 Å². The van der Waals surface area contributed by atoms with Crippen molar-refractivity contribution < 1.29 is 9.59 Å². The summed E-state index contributed by atoms with van der Waals surface area (Å²) < 4.78 is 1.59. The molecule has 1 aromatic rings. The third-order valence-corrected chi connectivity index (χ3v) is 1.95. The number of hydrogen-bond acceptors (Lipinski definition) is 3. The second-order valence-corrected chi connectivity index (χ2v) is 3.29. The van der Waals surface area contributed by atoms with Crippen LogP contribution in [0.3, 0.4) is 0 Å². The highest BCUT2D eigenvalue weighted by Gasteiger charge is 2.02. The summed E-state index contributed by atoms with van der Waals surface area (Å²) in [4.78, 5) is 25.5. The van der Waals surface area contributed by atoms with Gasteiger partial charge >= 0.3 is 0 Å². The molecule has 0 saturated heterocycles. The molecular weight excluding hydrogens is 194 g/mol. The highest BCUT2D eigenvalue weighted by molar-refractivity contribution is 5.76. The van der Waals surface area contributed by atoms with Gasteiger partial charge in [0.1, 0.15) is 12.2 Å². The topological polar surface area (TPSA) is 64.0 Å². The van der Waals surface area contributed by atoms with E-state index in [1.165, 1.54) is 6.33 Å². The van der Waals surface area contributed by atoms with Crippen LogP contribution >= 0.6 is 0 Å². The molecule has 0 radical (unpaired) electrons. The minimum Gasteiger partial charge on any atom is -0.355 e. The van der Waals surface area contributed by atoms with E-state index in [2.05, 4.69) is 17.2 Å². The van der Waals surface area contributed by atoms with Gasteiger partial charge in [0.05, 0.1) is 6.33 Å². The summed E-state index contributed by atoms with van der Waals surface area (Å²) in [6.45, 7) is 2.98. The van der Waals surface area contributed by atoms with Crippen molar-refractivity contribution >= 4 is 12.2 Å². The lowest BCUT2D eigenvalue weighted by Gasteiger charge is -2.03. The zero-order chi connectivity index (χ0) is 11.1. The molecule has 1 N–H and O–H groups in total. The summed E-state index contributed by atoms with van der Waals surface area (Å²) >= 11 is 0. The Kier molecular flexibility index (Phi) is 4.53. The number of imidazole rings is 1. The number of aldehydes is 1. The van der Waals surface area contributed by atoms with Crippen LogP contribution in [0.15, 0.2) is 12.5 Å². The monoisotopic (exact) mass is 209 g/mol. The zero-order valence-electron chi connectivity index (χ0n) is 8.77. The highest BCUT2D eigenvalue weighted by Crippen LogP contribution is 1.92. The summed E-state index contributed by atoms with van der Waals surface area (Å²) in [6, 6.07) is 0. The first-order valence-electron chi connectivity index (χ1n) is 5.00. The van der Waals surface area contributed by atoms with Crippen LogP contribution in [0.5, 0.6) is 0 Å². The van der Waals surface area contributed by atoms with Crippen LogP contribution in [0.25, 0.3) is 0 Å². The molecule has 0 saturated carbocycles. The van der Waals surface area contributed by atoms with E-state index in [1.807, 2.05) is 0 Å². The Morgan fingerprint density at radius 2 is 2.47 bits per heavy atom. The van der Waals surface area contributed by atoms with E-state index in [-0.39, 0.29) is 12.5 Å². The molecule has 15 heavy (non-hydrogen) atoms. The Bertz CT molecular complexity index is 333. The summed E-state index contributed by atoms with van der Waals surface area (Å²) in [6.07, 6.45) is 5.72. The Balaban J connectivity index is 2.34. The Morgan fingerprint density at radius 1 is 1.67 bits per heavy atom. The number of aromatic nitrogens is 2. The first-order chi connectivity index (χ1) is 7.26. The molecule has 0 aliphatic heterocycles. The molecule has 5 nitrogen and oxygen atoms in total. The van der Waals surface area contributed by atoms with Crippen LogP contribution in [0.2, 0.25) is 0 Å². The molecule has 0 aliphatic rings. The molecule has 0 bridgehead atoms. The fraction of sp³-hybridized carbons (Fsp3) is 0.500. The Hall–Kier alpha value is -1.65. The van der Waals surface area contributed by atoms with Gasteiger partial charge in [-0.25, -0.2) is 4.98 Å². The number of rotatable bonds is 6. The average Bonchev–Trinajstić information content (AvgIpc) is 2.66. The lowest BCUT2D eigenvalue weighted by atomic mass is 10.3.